The largest absolute Gasteiger partial charge is 0.423 e. The van der Waals surface area contributed by atoms with E-state index in [1.807, 2.05) is 6.07 Å². The lowest BCUT2D eigenvalue weighted by atomic mass is 10.1. The number of hydrogen-bond acceptors (Lipinski definition) is 4. The number of esters is 1. The molecule has 0 unspecified atom stereocenters. The van der Waals surface area contributed by atoms with Gasteiger partial charge in [-0.2, -0.15) is 5.26 Å². The number of anilines is 1. The van der Waals surface area contributed by atoms with Crippen LogP contribution in [0.5, 0.6) is 5.75 Å². The fourth-order valence-electron chi connectivity index (χ4n) is 2.52. The van der Waals surface area contributed by atoms with Crippen molar-refractivity contribution in [1.82, 2.24) is 0 Å². The Kier molecular flexibility index (Phi) is 7.32. The van der Waals surface area contributed by atoms with Crippen LogP contribution < -0.4 is 10.1 Å². The molecule has 0 atom stereocenters. The van der Waals surface area contributed by atoms with Crippen molar-refractivity contribution in [1.29, 1.82) is 5.26 Å². The van der Waals surface area contributed by atoms with Crippen LogP contribution in [0.25, 0.3) is 6.08 Å². The fraction of sp³-hybridized carbons (Fsp3) is 0. The highest BCUT2D eigenvalue weighted by molar-refractivity contribution is 6.44. The van der Waals surface area contributed by atoms with Crippen molar-refractivity contribution in [3.8, 4) is 11.8 Å². The Morgan fingerprint density at radius 2 is 1.68 bits per heavy atom. The number of amides is 1. The molecule has 3 aromatic carbocycles. The number of ether oxygens (including phenoxy) is 1. The van der Waals surface area contributed by atoms with Crippen LogP contribution in [-0.4, -0.2) is 11.9 Å². The number of halogens is 3. The SMILES string of the molecule is N#C/C(=C\c1ccc(OC(=O)c2cccc(Cl)c2)cc1)C(=O)Nc1cccc(Cl)c1Cl. The zero-order valence-corrected chi connectivity index (χ0v) is 18.0. The van der Waals surface area contributed by atoms with Crippen LogP contribution in [0.3, 0.4) is 0 Å². The van der Waals surface area contributed by atoms with Crippen LogP contribution in [0.1, 0.15) is 15.9 Å². The van der Waals surface area contributed by atoms with Gasteiger partial charge in [0.15, 0.2) is 0 Å². The van der Waals surface area contributed by atoms with Crippen molar-refractivity contribution in [3.63, 3.8) is 0 Å². The molecule has 0 fully saturated rings. The Bertz CT molecular complexity index is 1220. The Hall–Kier alpha value is -3.30. The first-order valence-corrected chi connectivity index (χ1v) is 9.96. The molecule has 0 aliphatic rings. The predicted octanol–water partition coefficient (Wildman–Crippen LogP) is 6.41. The van der Waals surface area contributed by atoms with Crippen molar-refractivity contribution < 1.29 is 14.3 Å². The van der Waals surface area contributed by atoms with Gasteiger partial charge in [0.1, 0.15) is 17.4 Å². The molecule has 0 saturated heterocycles. The molecule has 0 aliphatic carbocycles. The minimum Gasteiger partial charge on any atom is -0.423 e. The Morgan fingerprint density at radius 1 is 0.968 bits per heavy atom. The molecule has 3 aromatic rings. The van der Waals surface area contributed by atoms with Crippen molar-refractivity contribution in [3.05, 3.63) is 98.5 Å². The summed E-state index contributed by atoms with van der Waals surface area (Å²) in [6.45, 7) is 0. The summed E-state index contributed by atoms with van der Waals surface area (Å²) >= 11 is 17.9. The van der Waals surface area contributed by atoms with E-state index in [0.29, 0.717) is 27.6 Å². The molecule has 1 N–H and O–H groups in total. The van der Waals surface area contributed by atoms with E-state index in [9.17, 15) is 14.9 Å². The third kappa shape index (κ3) is 5.87. The van der Waals surface area contributed by atoms with E-state index >= 15 is 0 Å². The van der Waals surface area contributed by atoms with Gasteiger partial charge in [0, 0.05) is 5.02 Å². The summed E-state index contributed by atoms with van der Waals surface area (Å²) in [5.74, 6) is -0.889. The number of rotatable bonds is 5. The van der Waals surface area contributed by atoms with E-state index in [4.69, 9.17) is 39.5 Å². The van der Waals surface area contributed by atoms with E-state index in [2.05, 4.69) is 5.32 Å². The smallest absolute Gasteiger partial charge is 0.343 e. The average Bonchev–Trinajstić information content (AvgIpc) is 2.76. The summed E-state index contributed by atoms with van der Waals surface area (Å²) in [6.07, 6.45) is 1.40. The number of carbonyl (C=O) groups excluding carboxylic acids is 2. The Balaban J connectivity index is 1.71. The zero-order valence-electron chi connectivity index (χ0n) is 15.7. The summed E-state index contributed by atoms with van der Waals surface area (Å²) in [5, 5.41) is 12.8. The first-order chi connectivity index (χ1) is 14.9. The second-order valence-corrected chi connectivity index (χ2v) is 7.42. The van der Waals surface area contributed by atoms with Gasteiger partial charge in [-0.05, 0) is 54.1 Å². The van der Waals surface area contributed by atoms with Gasteiger partial charge >= 0.3 is 5.97 Å². The van der Waals surface area contributed by atoms with Crippen LogP contribution in [-0.2, 0) is 4.79 Å². The molecule has 154 valence electrons. The van der Waals surface area contributed by atoms with Gasteiger partial charge in [-0.1, -0.05) is 59.1 Å². The number of carbonyl (C=O) groups is 2. The Labute approximate surface area is 193 Å². The zero-order chi connectivity index (χ0) is 22.4. The molecular weight excluding hydrogens is 459 g/mol. The highest BCUT2D eigenvalue weighted by Gasteiger charge is 2.13. The number of nitriles is 1. The second kappa shape index (κ2) is 10.1. The van der Waals surface area contributed by atoms with Gasteiger partial charge in [0.05, 0.1) is 21.3 Å². The molecular formula is C23H13Cl3N2O3. The maximum Gasteiger partial charge on any atom is 0.343 e. The normalized spacial score (nSPS) is 10.8. The first-order valence-electron chi connectivity index (χ1n) is 8.82. The lowest BCUT2D eigenvalue weighted by Gasteiger charge is -2.08. The van der Waals surface area contributed by atoms with Gasteiger partial charge in [-0.15, -0.1) is 0 Å². The molecule has 0 radical (unpaired) electrons. The lowest BCUT2D eigenvalue weighted by Crippen LogP contribution is -2.13. The number of nitrogens with zero attached hydrogens (tertiary/aromatic N) is 1. The molecule has 0 heterocycles. The summed E-state index contributed by atoms with van der Waals surface area (Å²) in [5.41, 5.74) is 1.04. The van der Waals surface area contributed by atoms with Crippen molar-refractivity contribution in [2.45, 2.75) is 0 Å². The van der Waals surface area contributed by atoms with Crippen molar-refractivity contribution >= 4 is 58.4 Å². The van der Waals surface area contributed by atoms with E-state index in [1.165, 1.54) is 12.1 Å². The van der Waals surface area contributed by atoms with E-state index in [0.717, 1.165) is 0 Å². The molecule has 1 amide bonds. The molecule has 0 bridgehead atoms. The van der Waals surface area contributed by atoms with E-state index in [-0.39, 0.29) is 15.6 Å². The summed E-state index contributed by atoms with van der Waals surface area (Å²) in [6, 6.07) is 19.4. The van der Waals surface area contributed by atoms with Crippen LogP contribution in [0.4, 0.5) is 5.69 Å². The quantitative estimate of drug-likeness (QED) is 0.202. The fourth-order valence-corrected chi connectivity index (χ4v) is 3.06. The molecule has 0 spiro atoms. The monoisotopic (exact) mass is 470 g/mol. The van der Waals surface area contributed by atoms with Crippen molar-refractivity contribution in [2.75, 3.05) is 5.32 Å². The molecule has 5 nitrogen and oxygen atoms in total. The summed E-state index contributed by atoms with van der Waals surface area (Å²) in [7, 11) is 0. The number of nitrogens with one attached hydrogen (secondary N) is 1. The van der Waals surface area contributed by atoms with Gasteiger partial charge < -0.3 is 10.1 Å². The topological polar surface area (TPSA) is 79.2 Å². The third-order valence-electron chi connectivity index (χ3n) is 4.03. The minimum atomic E-state index is -0.636. The number of benzene rings is 3. The standard InChI is InChI=1S/C23H13Cl3N2O3/c24-17-4-1-3-15(12-17)23(30)31-18-9-7-14(8-10-18)11-16(13-27)22(29)28-20-6-2-5-19(25)21(20)26/h1-12H,(H,28,29)/b16-11+. The highest BCUT2D eigenvalue weighted by Crippen LogP contribution is 2.30. The lowest BCUT2D eigenvalue weighted by molar-refractivity contribution is -0.112. The maximum absolute atomic E-state index is 12.4. The molecule has 0 aliphatic heterocycles. The first kappa shape index (κ1) is 22.4. The van der Waals surface area contributed by atoms with E-state index < -0.39 is 11.9 Å². The Morgan fingerprint density at radius 3 is 2.35 bits per heavy atom. The van der Waals surface area contributed by atoms with Gasteiger partial charge in [0.25, 0.3) is 5.91 Å². The van der Waals surface area contributed by atoms with Crippen LogP contribution >= 0.6 is 34.8 Å². The van der Waals surface area contributed by atoms with Crippen LogP contribution in [0, 0.1) is 11.3 Å². The second-order valence-electron chi connectivity index (χ2n) is 6.19. The number of hydrogen-bond donors (Lipinski definition) is 1. The molecule has 8 heteroatoms. The van der Waals surface area contributed by atoms with Gasteiger partial charge in [-0.3, -0.25) is 4.79 Å². The summed E-state index contributed by atoms with van der Waals surface area (Å²) < 4.78 is 5.30. The minimum absolute atomic E-state index is 0.139. The maximum atomic E-state index is 12.4. The highest BCUT2D eigenvalue weighted by atomic mass is 35.5. The molecule has 0 aromatic heterocycles. The molecule has 0 saturated carbocycles. The molecule has 31 heavy (non-hydrogen) atoms. The van der Waals surface area contributed by atoms with Gasteiger partial charge in [0.2, 0.25) is 0 Å². The van der Waals surface area contributed by atoms with E-state index in [1.54, 1.807) is 60.7 Å². The van der Waals surface area contributed by atoms with Gasteiger partial charge in [-0.25, -0.2) is 4.79 Å². The summed E-state index contributed by atoms with van der Waals surface area (Å²) in [4.78, 5) is 24.6. The van der Waals surface area contributed by atoms with Crippen molar-refractivity contribution in [2.24, 2.45) is 0 Å². The average molecular weight is 472 g/mol. The third-order valence-corrected chi connectivity index (χ3v) is 5.08. The van der Waals surface area contributed by atoms with Crippen LogP contribution in [0.2, 0.25) is 15.1 Å². The van der Waals surface area contributed by atoms with Crippen LogP contribution in [0.15, 0.2) is 72.3 Å². The molecule has 3 rings (SSSR count). The predicted molar refractivity (Wildman–Crippen MR) is 122 cm³/mol.